The van der Waals surface area contributed by atoms with Crippen LogP contribution in [-0.4, -0.2) is 47.4 Å². The van der Waals surface area contributed by atoms with Crippen molar-refractivity contribution in [3.05, 3.63) is 48.6 Å². The van der Waals surface area contributed by atoms with Gasteiger partial charge in [-0.1, -0.05) is 274 Å². The van der Waals surface area contributed by atoms with Crippen LogP contribution < -0.4 is 5.32 Å². The Kier molecular flexibility index (Phi) is 57.5. The molecule has 2 atom stereocenters. The van der Waals surface area contributed by atoms with Crippen molar-refractivity contribution in [3.8, 4) is 0 Å². The molecular weight excluding hydrogens is 863 g/mol. The van der Waals surface area contributed by atoms with E-state index in [0.29, 0.717) is 19.4 Å². The first-order chi connectivity index (χ1) is 34.5. The summed E-state index contributed by atoms with van der Waals surface area (Å²) in [7, 11) is 0. The van der Waals surface area contributed by atoms with Crippen molar-refractivity contribution >= 4 is 11.9 Å². The Morgan fingerprint density at radius 3 is 1.14 bits per heavy atom. The van der Waals surface area contributed by atoms with Crippen LogP contribution in [0.1, 0.15) is 322 Å². The number of carbonyl (C=O) groups is 2. The number of amides is 1. The molecule has 2 unspecified atom stereocenters. The third kappa shape index (κ3) is 55.1. The number of ether oxygens (including phenoxy) is 1. The molecule has 0 saturated carbocycles. The smallest absolute Gasteiger partial charge is 0.305 e. The average Bonchev–Trinajstić information content (AvgIpc) is 3.36. The van der Waals surface area contributed by atoms with Gasteiger partial charge in [0.2, 0.25) is 5.91 Å². The first kappa shape index (κ1) is 67.8. The molecule has 0 aliphatic carbocycles. The first-order valence-corrected chi connectivity index (χ1v) is 30.9. The lowest BCUT2D eigenvalue weighted by Gasteiger charge is -2.20. The van der Waals surface area contributed by atoms with Crippen LogP contribution in [0.3, 0.4) is 0 Å². The van der Waals surface area contributed by atoms with E-state index in [2.05, 4.69) is 55.6 Å². The maximum Gasteiger partial charge on any atom is 0.305 e. The van der Waals surface area contributed by atoms with Gasteiger partial charge in [-0.2, -0.15) is 0 Å². The number of aliphatic hydroxyl groups excluding tert-OH is 2. The minimum atomic E-state index is -0.845. The number of hydrogen-bond acceptors (Lipinski definition) is 5. The molecule has 6 heteroatoms. The second kappa shape index (κ2) is 59.4. The molecule has 0 rings (SSSR count). The largest absolute Gasteiger partial charge is 0.466 e. The minimum absolute atomic E-state index is 0.00118. The molecule has 0 aromatic rings. The molecule has 0 aromatic heterocycles. The van der Waals surface area contributed by atoms with Crippen molar-refractivity contribution in [2.75, 3.05) is 13.2 Å². The van der Waals surface area contributed by atoms with Crippen LogP contribution >= 0.6 is 0 Å². The monoisotopic (exact) mass is 982 g/mol. The predicted molar refractivity (Wildman–Crippen MR) is 306 cm³/mol. The van der Waals surface area contributed by atoms with Gasteiger partial charge in [0.25, 0.3) is 0 Å². The van der Waals surface area contributed by atoms with Gasteiger partial charge in [0.05, 0.1) is 25.4 Å². The summed E-state index contributed by atoms with van der Waals surface area (Å²) >= 11 is 0. The highest BCUT2D eigenvalue weighted by atomic mass is 16.5. The lowest BCUT2D eigenvalue weighted by Crippen LogP contribution is -2.45. The molecule has 0 aromatic carbocycles. The minimum Gasteiger partial charge on any atom is -0.466 e. The number of esters is 1. The van der Waals surface area contributed by atoms with Crippen LogP contribution in [0.4, 0.5) is 0 Å². The van der Waals surface area contributed by atoms with Gasteiger partial charge < -0.3 is 20.3 Å². The van der Waals surface area contributed by atoms with E-state index in [1.807, 2.05) is 6.08 Å². The van der Waals surface area contributed by atoms with Crippen molar-refractivity contribution in [2.45, 2.75) is 334 Å². The second-order valence-electron chi connectivity index (χ2n) is 21.0. The number of nitrogens with one attached hydrogen (secondary N) is 1. The summed E-state index contributed by atoms with van der Waals surface area (Å²) in [5.41, 5.74) is 0. The van der Waals surface area contributed by atoms with E-state index in [-0.39, 0.29) is 18.5 Å². The SMILES string of the molecule is CCCC/C=C\C/C=C\CCCCCCCC(=O)OCCCCCCCCCCCCCC/C=C\CCCCCCCCCCCCC(=O)NC(CO)C(O)/C=C/CCCCCCCCCCCCC. The van der Waals surface area contributed by atoms with Gasteiger partial charge in [0.15, 0.2) is 0 Å². The van der Waals surface area contributed by atoms with Gasteiger partial charge in [-0.15, -0.1) is 0 Å². The molecular formula is C64H119NO5. The van der Waals surface area contributed by atoms with Gasteiger partial charge in [-0.05, 0) is 83.5 Å². The number of aliphatic hydroxyl groups is 2. The fourth-order valence-electron chi connectivity index (χ4n) is 9.29. The van der Waals surface area contributed by atoms with E-state index in [0.717, 1.165) is 51.4 Å². The Labute approximate surface area is 436 Å². The molecule has 0 bridgehead atoms. The number of unbranched alkanes of at least 4 members (excludes halogenated alkanes) is 40. The molecule has 0 fully saturated rings. The van der Waals surface area contributed by atoms with Crippen molar-refractivity contribution in [1.82, 2.24) is 5.32 Å². The molecule has 6 nitrogen and oxygen atoms in total. The Hall–Kier alpha value is -2.18. The van der Waals surface area contributed by atoms with Crippen LogP contribution in [-0.2, 0) is 14.3 Å². The van der Waals surface area contributed by atoms with Gasteiger partial charge >= 0.3 is 5.97 Å². The molecule has 3 N–H and O–H groups in total. The van der Waals surface area contributed by atoms with E-state index < -0.39 is 12.1 Å². The molecule has 1 amide bonds. The molecule has 410 valence electrons. The summed E-state index contributed by atoms with van der Waals surface area (Å²) in [6, 6.07) is -0.629. The third-order valence-electron chi connectivity index (χ3n) is 14.1. The predicted octanol–water partition coefficient (Wildman–Crippen LogP) is 19.4. The summed E-state index contributed by atoms with van der Waals surface area (Å²) in [6.07, 6.45) is 75.8. The zero-order valence-electron chi connectivity index (χ0n) is 46.7. The van der Waals surface area contributed by atoms with Crippen molar-refractivity contribution in [2.24, 2.45) is 0 Å². The van der Waals surface area contributed by atoms with E-state index in [1.165, 1.54) is 244 Å². The van der Waals surface area contributed by atoms with Gasteiger partial charge in [-0.25, -0.2) is 0 Å². The topological polar surface area (TPSA) is 95.9 Å². The lowest BCUT2D eigenvalue weighted by molar-refractivity contribution is -0.143. The van der Waals surface area contributed by atoms with Crippen LogP contribution in [0, 0.1) is 0 Å². The molecule has 0 radical (unpaired) electrons. The molecule has 70 heavy (non-hydrogen) atoms. The summed E-state index contributed by atoms with van der Waals surface area (Å²) in [5.74, 6) is -0.0713. The molecule has 0 aliphatic rings. The van der Waals surface area contributed by atoms with Crippen molar-refractivity contribution in [1.29, 1.82) is 0 Å². The standard InChI is InChI=1S/C64H119NO5/c1-3-5-7-9-11-13-15-17-34-38-42-46-50-54-58-64(69)70-59-55-51-47-43-39-35-31-29-27-25-23-21-19-18-20-22-24-26-28-30-33-37-41-45-49-53-57-63(68)65-61(60-66)62(67)56-52-48-44-40-36-32-16-14-12-10-8-6-4-2/h9,11,15,17-18,20,52,56,61-62,66-67H,3-8,10,12-14,16,19,21-51,53-55,57-60H2,1-2H3,(H,65,68)/b11-9-,17-15-,20-18-,56-52+. The fraction of sp³-hybridized carbons (Fsp3) is 0.844. The summed E-state index contributed by atoms with van der Waals surface area (Å²) < 4.78 is 5.47. The summed E-state index contributed by atoms with van der Waals surface area (Å²) in [4.78, 5) is 24.5. The van der Waals surface area contributed by atoms with Gasteiger partial charge in [0, 0.05) is 12.8 Å². The zero-order valence-corrected chi connectivity index (χ0v) is 46.7. The maximum atomic E-state index is 12.4. The van der Waals surface area contributed by atoms with E-state index in [1.54, 1.807) is 6.08 Å². The molecule has 0 heterocycles. The summed E-state index contributed by atoms with van der Waals surface area (Å²) in [5, 5.41) is 23.1. The Bertz CT molecular complexity index is 1180. The van der Waals surface area contributed by atoms with Gasteiger partial charge in [-0.3, -0.25) is 9.59 Å². The molecule has 0 aliphatic heterocycles. The number of rotatable bonds is 57. The lowest BCUT2D eigenvalue weighted by atomic mass is 10.0. The van der Waals surface area contributed by atoms with E-state index in [4.69, 9.17) is 4.74 Å². The van der Waals surface area contributed by atoms with Crippen molar-refractivity contribution in [3.63, 3.8) is 0 Å². The molecule has 0 saturated heterocycles. The highest BCUT2D eigenvalue weighted by Gasteiger charge is 2.18. The van der Waals surface area contributed by atoms with Gasteiger partial charge in [0.1, 0.15) is 0 Å². The van der Waals surface area contributed by atoms with E-state index >= 15 is 0 Å². The van der Waals surface area contributed by atoms with Crippen LogP contribution in [0.15, 0.2) is 48.6 Å². The van der Waals surface area contributed by atoms with E-state index in [9.17, 15) is 19.8 Å². The number of allylic oxidation sites excluding steroid dienone is 7. The van der Waals surface area contributed by atoms with Crippen LogP contribution in [0.25, 0.3) is 0 Å². The quantitative estimate of drug-likeness (QED) is 0.0321. The summed E-state index contributed by atoms with van der Waals surface area (Å²) in [6.45, 7) is 4.86. The third-order valence-corrected chi connectivity index (χ3v) is 14.1. The molecule has 0 spiro atoms. The van der Waals surface area contributed by atoms with Crippen LogP contribution in [0.5, 0.6) is 0 Å². The number of carbonyl (C=O) groups excluding carboxylic acids is 2. The Balaban J connectivity index is 3.41. The Morgan fingerprint density at radius 2 is 0.729 bits per heavy atom. The normalized spacial score (nSPS) is 12.9. The highest BCUT2D eigenvalue weighted by molar-refractivity contribution is 5.76. The Morgan fingerprint density at radius 1 is 0.400 bits per heavy atom. The highest BCUT2D eigenvalue weighted by Crippen LogP contribution is 2.16. The first-order valence-electron chi connectivity index (χ1n) is 30.9. The van der Waals surface area contributed by atoms with Crippen LogP contribution in [0.2, 0.25) is 0 Å². The fourth-order valence-corrected chi connectivity index (χ4v) is 9.29. The second-order valence-corrected chi connectivity index (χ2v) is 21.0. The zero-order chi connectivity index (χ0) is 50.7. The average molecular weight is 983 g/mol. The van der Waals surface area contributed by atoms with Crippen molar-refractivity contribution < 1.29 is 24.5 Å². The maximum absolute atomic E-state index is 12.4. The number of hydrogen-bond donors (Lipinski definition) is 3.